The van der Waals surface area contributed by atoms with Gasteiger partial charge >= 0.3 is 6.03 Å². The molecule has 4 rings (SSSR count). The van der Waals surface area contributed by atoms with Crippen molar-refractivity contribution in [3.63, 3.8) is 0 Å². The van der Waals surface area contributed by atoms with Gasteiger partial charge in [0.2, 0.25) is 0 Å². The Balaban J connectivity index is 1.25. The van der Waals surface area contributed by atoms with E-state index in [4.69, 9.17) is 0 Å². The lowest BCUT2D eigenvalue weighted by Gasteiger charge is -2.31. The van der Waals surface area contributed by atoms with Crippen molar-refractivity contribution in [3.8, 4) is 0 Å². The molecular weight excluding hydrogens is 440 g/mol. The molecule has 156 valence electrons. The van der Waals surface area contributed by atoms with E-state index >= 15 is 0 Å². The number of amides is 2. The predicted octanol–water partition coefficient (Wildman–Crippen LogP) is 4.03. The average molecular weight is 468 g/mol. The fraction of sp³-hybridized carbons (Fsp3) is 0.333. The zero-order chi connectivity index (χ0) is 20.9. The molecule has 0 aromatic heterocycles. The highest BCUT2D eigenvalue weighted by Crippen LogP contribution is 2.20. The lowest BCUT2D eigenvalue weighted by atomic mass is 9.96. The van der Waals surface area contributed by atoms with E-state index in [1.807, 2.05) is 30.3 Å². The highest BCUT2D eigenvalue weighted by atomic mass is 79.9. The van der Waals surface area contributed by atoms with Crippen LogP contribution in [0.2, 0.25) is 0 Å². The van der Waals surface area contributed by atoms with E-state index < -0.39 is 0 Å². The zero-order valence-electron chi connectivity index (χ0n) is 17.3. The van der Waals surface area contributed by atoms with Crippen LogP contribution >= 0.6 is 15.9 Å². The van der Waals surface area contributed by atoms with E-state index in [1.165, 1.54) is 11.1 Å². The van der Waals surface area contributed by atoms with Gasteiger partial charge in [-0.25, -0.2) is 9.69 Å². The maximum Gasteiger partial charge on any atom is 0.453 e. The Labute approximate surface area is 186 Å². The van der Waals surface area contributed by atoms with Crippen molar-refractivity contribution in [1.82, 2.24) is 4.90 Å². The van der Waals surface area contributed by atoms with Crippen LogP contribution in [0.15, 0.2) is 69.7 Å². The largest absolute Gasteiger partial charge is 0.453 e. The van der Waals surface area contributed by atoms with Gasteiger partial charge in [0.1, 0.15) is 6.54 Å². The topological polar surface area (TPSA) is 40.4 Å². The Hall–Kier alpha value is -2.28. The zero-order valence-corrected chi connectivity index (χ0v) is 18.9. The number of likely N-dealkylation sites (tertiary alicyclic amines) is 1. The van der Waals surface area contributed by atoms with Gasteiger partial charge in [-0.2, -0.15) is 0 Å². The molecule has 0 radical (unpaired) electrons. The third-order valence-corrected chi connectivity index (χ3v) is 6.30. The molecule has 2 aliphatic heterocycles. The molecule has 2 aromatic rings. The maximum absolute atomic E-state index is 12.8. The number of quaternary nitrogens is 1. The third kappa shape index (κ3) is 5.25. The fourth-order valence-corrected chi connectivity index (χ4v) is 4.42. The van der Waals surface area contributed by atoms with Crippen LogP contribution in [0.1, 0.15) is 25.3 Å². The molecule has 0 aliphatic carbocycles. The van der Waals surface area contributed by atoms with Crippen LogP contribution in [-0.2, 0) is 0 Å². The first-order valence-electron chi connectivity index (χ1n) is 10.5. The van der Waals surface area contributed by atoms with Gasteiger partial charge < -0.3 is 0 Å². The second-order valence-corrected chi connectivity index (χ2v) is 9.08. The summed E-state index contributed by atoms with van der Waals surface area (Å²) in [7, 11) is 0. The van der Waals surface area contributed by atoms with Crippen LogP contribution in [0.25, 0.3) is 6.08 Å². The summed E-state index contributed by atoms with van der Waals surface area (Å²) in [6, 6.07) is 18.2. The molecule has 1 unspecified atom stereocenters. The molecule has 2 heterocycles. The number of hydrogen-bond acceptors (Lipinski definition) is 3. The molecule has 30 heavy (non-hydrogen) atoms. The second kappa shape index (κ2) is 9.69. The molecule has 6 heteroatoms. The van der Waals surface area contributed by atoms with Crippen molar-refractivity contribution in [3.05, 3.63) is 70.2 Å². The Bertz CT molecular complexity index is 918. The third-order valence-electron chi connectivity index (χ3n) is 5.77. The SMILES string of the molecule is C/C(=C\c1ccccc1)CN1CCC(C[NH+]2N=CN(c3ccc(Br)cc3)C2=O)CC1. The number of hydrogen-bond donors (Lipinski definition) is 1. The molecule has 2 aliphatic rings. The van der Waals surface area contributed by atoms with E-state index in [-0.39, 0.29) is 6.03 Å². The lowest BCUT2D eigenvalue weighted by molar-refractivity contribution is -0.821. The molecule has 1 N–H and O–H groups in total. The molecule has 5 nitrogen and oxygen atoms in total. The number of carbonyl (C=O) groups excluding carboxylic acids is 1. The average Bonchev–Trinajstić information content (AvgIpc) is 3.11. The van der Waals surface area contributed by atoms with Gasteiger partial charge in [0.15, 0.2) is 6.34 Å². The predicted molar refractivity (Wildman–Crippen MR) is 126 cm³/mol. The Morgan fingerprint density at radius 1 is 1.13 bits per heavy atom. The fourth-order valence-electron chi connectivity index (χ4n) is 4.15. The molecule has 0 saturated carbocycles. The summed E-state index contributed by atoms with van der Waals surface area (Å²) in [6.07, 6.45) is 6.16. The number of nitrogens with zero attached hydrogens (tertiary/aromatic N) is 3. The maximum atomic E-state index is 12.8. The van der Waals surface area contributed by atoms with Crippen LogP contribution in [-0.4, -0.2) is 43.4 Å². The molecule has 2 aromatic carbocycles. The Kier molecular flexibility index (Phi) is 6.77. The van der Waals surface area contributed by atoms with Crippen LogP contribution in [0, 0.1) is 5.92 Å². The number of anilines is 1. The standard InChI is InChI=1S/C24H27BrN4O/c1-19(15-20-5-3-2-4-6-20)16-27-13-11-21(12-14-27)17-29-24(30)28(18-26-29)23-9-7-22(25)8-10-23/h2-10,15,18,21H,11-14,16-17H2,1H3/p+1/b19-15+. The number of carbonyl (C=O) groups is 1. The van der Waals surface area contributed by atoms with Gasteiger partial charge in [-0.3, -0.25) is 4.90 Å². The van der Waals surface area contributed by atoms with E-state index in [2.05, 4.69) is 63.2 Å². The number of benzene rings is 2. The first kappa shape index (κ1) is 21.0. The minimum absolute atomic E-state index is 0.0152. The molecule has 1 fully saturated rings. The van der Waals surface area contributed by atoms with Gasteiger partial charge in [0.05, 0.1) is 5.69 Å². The highest BCUT2D eigenvalue weighted by Gasteiger charge is 2.35. The number of nitrogens with one attached hydrogen (secondary N) is 1. The monoisotopic (exact) mass is 467 g/mol. The summed E-state index contributed by atoms with van der Waals surface area (Å²) in [6.45, 7) is 6.14. The molecule has 1 atom stereocenters. The van der Waals surface area contributed by atoms with Gasteiger partial charge in [-0.1, -0.05) is 63.0 Å². The van der Waals surface area contributed by atoms with Crippen molar-refractivity contribution >= 4 is 40.1 Å². The Morgan fingerprint density at radius 2 is 1.83 bits per heavy atom. The van der Waals surface area contributed by atoms with Gasteiger partial charge in [0.25, 0.3) is 0 Å². The summed E-state index contributed by atoms with van der Waals surface area (Å²) in [5.41, 5.74) is 3.50. The van der Waals surface area contributed by atoms with E-state index in [0.29, 0.717) is 10.9 Å². The summed E-state index contributed by atoms with van der Waals surface area (Å²) < 4.78 is 1.000. The molecule has 2 amide bonds. The van der Waals surface area contributed by atoms with Crippen LogP contribution < -0.4 is 9.91 Å². The van der Waals surface area contributed by atoms with Crippen molar-refractivity contribution in [2.24, 2.45) is 11.0 Å². The smallest absolute Gasteiger partial charge is 0.299 e. The summed E-state index contributed by atoms with van der Waals surface area (Å²) in [5.74, 6) is 0.528. The van der Waals surface area contributed by atoms with Crippen LogP contribution in [0.3, 0.4) is 0 Å². The Morgan fingerprint density at radius 3 is 2.53 bits per heavy atom. The number of urea groups is 1. The second-order valence-electron chi connectivity index (χ2n) is 8.17. The van der Waals surface area contributed by atoms with E-state index in [0.717, 1.165) is 49.2 Å². The first-order chi connectivity index (χ1) is 14.6. The molecular formula is C24H28BrN4O+. The molecule has 0 spiro atoms. The van der Waals surface area contributed by atoms with Gasteiger partial charge in [0, 0.05) is 16.9 Å². The van der Waals surface area contributed by atoms with Crippen molar-refractivity contribution in [1.29, 1.82) is 0 Å². The minimum Gasteiger partial charge on any atom is -0.299 e. The number of piperidine rings is 1. The lowest BCUT2D eigenvalue weighted by Crippen LogP contribution is -3.10. The van der Waals surface area contributed by atoms with Crippen molar-refractivity contribution in [2.75, 3.05) is 31.1 Å². The number of halogens is 1. The van der Waals surface area contributed by atoms with Crippen LogP contribution in [0.5, 0.6) is 0 Å². The molecule has 0 bridgehead atoms. The quantitative estimate of drug-likeness (QED) is 0.696. The van der Waals surface area contributed by atoms with E-state index in [9.17, 15) is 4.79 Å². The van der Waals surface area contributed by atoms with Crippen molar-refractivity contribution in [2.45, 2.75) is 19.8 Å². The minimum atomic E-state index is 0.0152. The number of rotatable bonds is 6. The van der Waals surface area contributed by atoms with E-state index in [1.54, 1.807) is 11.2 Å². The van der Waals surface area contributed by atoms with Gasteiger partial charge in [-0.15, -0.1) is 5.01 Å². The summed E-state index contributed by atoms with van der Waals surface area (Å²) in [4.78, 5) is 16.9. The van der Waals surface area contributed by atoms with Crippen molar-refractivity contribution < 1.29 is 9.80 Å². The first-order valence-corrected chi connectivity index (χ1v) is 11.3. The summed E-state index contributed by atoms with van der Waals surface area (Å²) >= 11 is 3.43. The molecule has 1 saturated heterocycles. The van der Waals surface area contributed by atoms with Gasteiger partial charge in [-0.05, 0) is 62.7 Å². The normalized spacial score (nSPS) is 20.9. The summed E-state index contributed by atoms with van der Waals surface area (Å²) in [5, 5.41) is 5.13. The van der Waals surface area contributed by atoms with Crippen LogP contribution in [0.4, 0.5) is 10.5 Å². The highest BCUT2D eigenvalue weighted by molar-refractivity contribution is 9.10.